The number of nitrogens with zero attached hydrogens (tertiary/aromatic N) is 1. The highest BCUT2D eigenvalue weighted by Gasteiger charge is 2.32. The third-order valence-electron chi connectivity index (χ3n) is 5.74. The Kier molecular flexibility index (Phi) is 11.2. The number of aliphatic hydroxyl groups is 1. The molecule has 1 aliphatic rings. The molecule has 2 aromatic carbocycles. The normalized spacial score (nSPS) is 15.7. The van der Waals surface area contributed by atoms with Crippen molar-refractivity contribution in [2.45, 2.75) is 53.0 Å². The van der Waals surface area contributed by atoms with Crippen LogP contribution in [0.1, 0.15) is 51.8 Å². The third kappa shape index (κ3) is 8.52. The average molecular weight is 571 g/mol. The SMILES string of the molecule is CCOc1cc([C@@H]2NC(=O)NC(C)=C2C(=O)OC)ccc1OC[C@H](O)N/N=C/c1ccc(OC(C)C)c(OCC)c1. The van der Waals surface area contributed by atoms with Gasteiger partial charge in [-0.2, -0.15) is 5.10 Å². The van der Waals surface area contributed by atoms with E-state index < -0.39 is 24.3 Å². The van der Waals surface area contributed by atoms with Gasteiger partial charge in [0, 0.05) is 5.70 Å². The van der Waals surface area contributed by atoms with Crippen LogP contribution in [-0.2, 0) is 9.53 Å². The molecular weight excluding hydrogens is 532 g/mol. The Hall–Kier alpha value is -4.45. The number of allylic oxidation sites excluding steroid dienone is 1. The highest BCUT2D eigenvalue weighted by atomic mass is 16.5. The lowest BCUT2D eigenvalue weighted by molar-refractivity contribution is -0.136. The Bertz CT molecular complexity index is 1280. The predicted molar refractivity (Wildman–Crippen MR) is 152 cm³/mol. The number of amides is 2. The van der Waals surface area contributed by atoms with Crippen LogP contribution >= 0.6 is 0 Å². The van der Waals surface area contributed by atoms with Gasteiger partial charge in [0.15, 0.2) is 29.2 Å². The molecule has 0 radical (unpaired) electrons. The number of benzene rings is 2. The van der Waals surface area contributed by atoms with E-state index in [1.807, 2.05) is 39.8 Å². The highest BCUT2D eigenvalue weighted by Crippen LogP contribution is 2.35. The maximum Gasteiger partial charge on any atom is 0.337 e. The monoisotopic (exact) mass is 570 g/mol. The summed E-state index contributed by atoms with van der Waals surface area (Å²) in [5.41, 5.74) is 4.64. The van der Waals surface area contributed by atoms with Crippen molar-refractivity contribution in [1.29, 1.82) is 0 Å². The largest absolute Gasteiger partial charge is 0.490 e. The Morgan fingerprint density at radius 2 is 1.73 bits per heavy atom. The van der Waals surface area contributed by atoms with Crippen molar-refractivity contribution >= 4 is 18.2 Å². The second-order valence-electron chi connectivity index (χ2n) is 9.22. The summed E-state index contributed by atoms with van der Waals surface area (Å²) in [6.45, 7) is 9.91. The fourth-order valence-electron chi connectivity index (χ4n) is 4.04. The molecule has 41 heavy (non-hydrogen) atoms. The van der Waals surface area contributed by atoms with E-state index in [0.717, 1.165) is 5.56 Å². The first kappa shape index (κ1) is 31.1. The van der Waals surface area contributed by atoms with Crippen LogP contribution in [0.5, 0.6) is 23.0 Å². The van der Waals surface area contributed by atoms with Crippen LogP contribution in [0.25, 0.3) is 0 Å². The molecule has 0 bridgehead atoms. The Labute approximate surface area is 239 Å². The average Bonchev–Trinajstić information content (AvgIpc) is 2.93. The minimum atomic E-state index is -1.13. The van der Waals surface area contributed by atoms with Gasteiger partial charge in [-0.1, -0.05) is 6.07 Å². The van der Waals surface area contributed by atoms with Gasteiger partial charge in [-0.3, -0.25) is 5.43 Å². The number of nitrogens with one attached hydrogen (secondary N) is 3. The van der Waals surface area contributed by atoms with Crippen LogP contribution in [0.3, 0.4) is 0 Å². The molecule has 3 rings (SSSR count). The molecule has 0 fully saturated rings. The lowest BCUT2D eigenvalue weighted by atomic mass is 9.95. The number of esters is 1. The van der Waals surface area contributed by atoms with E-state index in [1.54, 1.807) is 37.4 Å². The quantitative estimate of drug-likeness (QED) is 0.116. The number of ether oxygens (including phenoxy) is 5. The summed E-state index contributed by atoms with van der Waals surface area (Å²) in [5.74, 6) is 1.42. The van der Waals surface area contributed by atoms with E-state index >= 15 is 0 Å². The molecule has 2 amide bonds. The van der Waals surface area contributed by atoms with Crippen LogP contribution < -0.4 is 35.0 Å². The van der Waals surface area contributed by atoms with Gasteiger partial charge >= 0.3 is 12.0 Å². The van der Waals surface area contributed by atoms with Crippen LogP contribution in [0.4, 0.5) is 4.79 Å². The molecule has 222 valence electrons. The number of hydrazone groups is 1. The number of carbonyl (C=O) groups is 2. The number of aliphatic hydroxyl groups excluding tert-OH is 1. The summed E-state index contributed by atoms with van der Waals surface area (Å²) in [7, 11) is 1.28. The predicted octanol–water partition coefficient (Wildman–Crippen LogP) is 3.39. The second-order valence-corrected chi connectivity index (χ2v) is 9.22. The van der Waals surface area contributed by atoms with E-state index in [4.69, 9.17) is 23.7 Å². The highest BCUT2D eigenvalue weighted by molar-refractivity contribution is 5.95. The first-order valence-electron chi connectivity index (χ1n) is 13.3. The lowest BCUT2D eigenvalue weighted by Gasteiger charge is -2.28. The van der Waals surface area contributed by atoms with Crippen molar-refractivity contribution in [3.63, 3.8) is 0 Å². The number of rotatable bonds is 14. The van der Waals surface area contributed by atoms with E-state index in [9.17, 15) is 14.7 Å². The molecule has 1 heterocycles. The zero-order chi connectivity index (χ0) is 29.9. The van der Waals surface area contributed by atoms with E-state index in [-0.39, 0.29) is 18.3 Å². The first-order valence-corrected chi connectivity index (χ1v) is 13.3. The van der Waals surface area contributed by atoms with E-state index in [1.165, 1.54) is 7.11 Å². The van der Waals surface area contributed by atoms with E-state index in [0.29, 0.717) is 47.5 Å². The van der Waals surface area contributed by atoms with Crippen molar-refractivity contribution in [3.05, 3.63) is 58.8 Å². The molecule has 0 unspecified atom stereocenters. The first-order chi connectivity index (χ1) is 19.7. The van der Waals surface area contributed by atoms with Crippen LogP contribution in [0.2, 0.25) is 0 Å². The van der Waals surface area contributed by atoms with Gasteiger partial charge in [-0.25, -0.2) is 9.59 Å². The van der Waals surface area contributed by atoms with Gasteiger partial charge in [0.05, 0.1) is 44.3 Å². The Morgan fingerprint density at radius 1 is 1.05 bits per heavy atom. The van der Waals surface area contributed by atoms with Gasteiger partial charge in [0.2, 0.25) is 0 Å². The molecule has 0 aliphatic carbocycles. The molecule has 2 aromatic rings. The fourth-order valence-corrected chi connectivity index (χ4v) is 4.04. The van der Waals surface area contributed by atoms with Gasteiger partial charge < -0.3 is 39.4 Å². The Morgan fingerprint density at radius 3 is 2.39 bits per heavy atom. The summed E-state index contributed by atoms with van der Waals surface area (Å²) in [5, 5.41) is 19.8. The van der Waals surface area contributed by atoms with Gasteiger partial charge in [-0.05, 0) is 76.1 Å². The molecule has 0 aromatic heterocycles. The van der Waals surface area contributed by atoms with Crippen LogP contribution in [-0.4, -0.2) is 62.6 Å². The number of hydrogen-bond donors (Lipinski definition) is 4. The maximum absolute atomic E-state index is 12.4. The minimum absolute atomic E-state index is 0.00813. The molecule has 4 N–H and O–H groups in total. The molecular formula is C29H38N4O8. The Balaban J connectivity index is 1.67. The molecule has 1 aliphatic heterocycles. The van der Waals surface area contributed by atoms with Crippen molar-refractivity contribution in [2.75, 3.05) is 26.9 Å². The zero-order valence-corrected chi connectivity index (χ0v) is 24.1. The van der Waals surface area contributed by atoms with Crippen LogP contribution in [0, 0.1) is 0 Å². The topological polar surface area (TPSA) is 149 Å². The van der Waals surface area contributed by atoms with Crippen LogP contribution in [0.15, 0.2) is 52.8 Å². The molecule has 0 saturated carbocycles. The number of urea groups is 1. The fraction of sp³-hybridized carbons (Fsp3) is 0.414. The lowest BCUT2D eigenvalue weighted by Crippen LogP contribution is -2.45. The number of hydrogen-bond acceptors (Lipinski definition) is 10. The second kappa shape index (κ2) is 14.8. The summed E-state index contributed by atoms with van der Waals surface area (Å²) < 4.78 is 27.9. The maximum atomic E-state index is 12.4. The molecule has 2 atom stereocenters. The zero-order valence-electron chi connectivity index (χ0n) is 24.1. The number of carbonyl (C=O) groups excluding carboxylic acids is 2. The summed E-state index contributed by atoms with van der Waals surface area (Å²) in [6.07, 6.45) is 0.428. The smallest absolute Gasteiger partial charge is 0.337 e. The van der Waals surface area contributed by atoms with Gasteiger partial charge in [0.1, 0.15) is 6.61 Å². The third-order valence-corrected chi connectivity index (χ3v) is 5.74. The van der Waals surface area contributed by atoms with Gasteiger partial charge in [0.25, 0.3) is 0 Å². The standard InChI is InChI=1S/C29H38N4O8/c1-7-38-23-13-19(9-11-22(23)41-17(3)4)15-30-33-25(34)16-40-21-12-10-20(14-24(21)39-8-2)27-26(28(35)37-6)18(5)31-29(36)32-27/h9-15,17,25,27,33-34H,7-8,16H2,1-6H3,(H2,31,32,36)/b30-15+/t25-,27-/m0/s1. The van der Waals surface area contributed by atoms with Crippen molar-refractivity contribution in [3.8, 4) is 23.0 Å². The van der Waals surface area contributed by atoms with Crippen molar-refractivity contribution in [1.82, 2.24) is 16.1 Å². The molecule has 0 spiro atoms. The van der Waals surface area contributed by atoms with Crippen molar-refractivity contribution in [2.24, 2.45) is 5.10 Å². The molecule has 0 saturated heterocycles. The van der Waals surface area contributed by atoms with Crippen molar-refractivity contribution < 1.29 is 38.4 Å². The number of methoxy groups -OCH3 is 1. The summed E-state index contributed by atoms with van der Waals surface area (Å²) >= 11 is 0. The summed E-state index contributed by atoms with van der Waals surface area (Å²) in [6, 6.07) is 9.27. The van der Waals surface area contributed by atoms with E-state index in [2.05, 4.69) is 21.2 Å². The molecule has 12 heteroatoms. The van der Waals surface area contributed by atoms with Gasteiger partial charge in [-0.15, -0.1) is 0 Å². The summed E-state index contributed by atoms with van der Waals surface area (Å²) in [4.78, 5) is 24.5. The minimum Gasteiger partial charge on any atom is -0.490 e. The molecule has 12 nitrogen and oxygen atoms in total.